The van der Waals surface area contributed by atoms with E-state index in [1.54, 1.807) is 0 Å². The normalized spacial score (nSPS) is 19.2. The summed E-state index contributed by atoms with van der Waals surface area (Å²) < 4.78 is 5.92. The topological polar surface area (TPSA) is 24.5 Å². The fourth-order valence-corrected chi connectivity index (χ4v) is 2.82. The summed E-state index contributed by atoms with van der Waals surface area (Å²) >= 11 is 0. The number of para-hydroxylation sites is 1. The highest BCUT2D eigenvalue weighted by atomic mass is 16.5. The first-order valence-electron chi connectivity index (χ1n) is 7.76. The maximum absolute atomic E-state index is 5.92. The quantitative estimate of drug-likeness (QED) is 0.893. The van der Waals surface area contributed by atoms with Gasteiger partial charge in [0.1, 0.15) is 5.75 Å². The third-order valence-corrected chi connectivity index (χ3v) is 3.95. The summed E-state index contributed by atoms with van der Waals surface area (Å²) in [5.74, 6) is 1.01. The lowest BCUT2D eigenvalue weighted by Crippen LogP contribution is -2.41. The number of hydrogen-bond donors (Lipinski definition) is 1. The summed E-state index contributed by atoms with van der Waals surface area (Å²) in [6.45, 7) is 8.77. The number of nitrogens with zero attached hydrogens (tertiary/aromatic N) is 1. The SMILES string of the molecule is CC(C)Oc1ccccc1C(C)NC1CCN(C)CC1. The lowest BCUT2D eigenvalue weighted by molar-refractivity contribution is 0.220. The molecule has 1 aromatic rings. The lowest BCUT2D eigenvalue weighted by Gasteiger charge is -2.32. The summed E-state index contributed by atoms with van der Waals surface area (Å²) in [5, 5.41) is 3.76. The zero-order valence-corrected chi connectivity index (χ0v) is 13.2. The minimum atomic E-state index is 0.215. The van der Waals surface area contributed by atoms with Gasteiger partial charge in [-0.2, -0.15) is 0 Å². The van der Waals surface area contributed by atoms with Crippen molar-refractivity contribution in [3.63, 3.8) is 0 Å². The third kappa shape index (κ3) is 4.22. The second kappa shape index (κ2) is 7.09. The minimum Gasteiger partial charge on any atom is -0.491 e. The molecule has 0 spiro atoms. The predicted molar refractivity (Wildman–Crippen MR) is 84.3 cm³/mol. The zero-order valence-electron chi connectivity index (χ0n) is 13.2. The second-order valence-corrected chi connectivity index (χ2v) is 6.17. The molecule has 112 valence electrons. The maximum Gasteiger partial charge on any atom is 0.124 e. The van der Waals surface area contributed by atoms with Gasteiger partial charge in [-0.15, -0.1) is 0 Å². The van der Waals surface area contributed by atoms with Gasteiger partial charge in [0.25, 0.3) is 0 Å². The summed E-state index contributed by atoms with van der Waals surface area (Å²) in [6.07, 6.45) is 2.67. The Morgan fingerprint density at radius 3 is 2.45 bits per heavy atom. The van der Waals surface area contributed by atoms with Crippen LogP contribution >= 0.6 is 0 Å². The number of nitrogens with one attached hydrogen (secondary N) is 1. The Hall–Kier alpha value is -1.06. The van der Waals surface area contributed by atoms with Crippen molar-refractivity contribution in [1.82, 2.24) is 10.2 Å². The van der Waals surface area contributed by atoms with Crippen LogP contribution in [0.5, 0.6) is 5.75 Å². The average molecular weight is 276 g/mol. The fourth-order valence-electron chi connectivity index (χ4n) is 2.82. The molecule has 0 aromatic heterocycles. The molecule has 1 atom stereocenters. The molecular weight excluding hydrogens is 248 g/mol. The number of benzene rings is 1. The van der Waals surface area contributed by atoms with Gasteiger partial charge < -0.3 is 15.0 Å². The Morgan fingerprint density at radius 2 is 1.80 bits per heavy atom. The van der Waals surface area contributed by atoms with Crippen LogP contribution in [0.4, 0.5) is 0 Å². The average Bonchev–Trinajstić information content (AvgIpc) is 2.41. The molecule has 3 heteroatoms. The molecule has 2 rings (SSSR count). The number of hydrogen-bond acceptors (Lipinski definition) is 3. The summed E-state index contributed by atoms with van der Waals surface area (Å²) in [7, 11) is 2.20. The van der Waals surface area contributed by atoms with Crippen molar-refractivity contribution in [3.05, 3.63) is 29.8 Å². The molecule has 1 fully saturated rings. The molecule has 1 saturated heterocycles. The highest BCUT2D eigenvalue weighted by molar-refractivity contribution is 5.35. The predicted octanol–water partition coefficient (Wildman–Crippen LogP) is 3.22. The van der Waals surface area contributed by atoms with E-state index in [-0.39, 0.29) is 6.10 Å². The van der Waals surface area contributed by atoms with E-state index in [0.717, 1.165) is 5.75 Å². The summed E-state index contributed by atoms with van der Waals surface area (Å²) in [4.78, 5) is 2.40. The van der Waals surface area contributed by atoms with E-state index in [4.69, 9.17) is 4.74 Å². The van der Waals surface area contributed by atoms with Crippen LogP contribution in [0.15, 0.2) is 24.3 Å². The molecule has 0 saturated carbocycles. The van der Waals surface area contributed by atoms with E-state index < -0.39 is 0 Å². The van der Waals surface area contributed by atoms with E-state index in [9.17, 15) is 0 Å². The van der Waals surface area contributed by atoms with Gasteiger partial charge in [-0.3, -0.25) is 0 Å². The molecule has 1 aliphatic heterocycles. The highest BCUT2D eigenvalue weighted by Crippen LogP contribution is 2.27. The lowest BCUT2D eigenvalue weighted by atomic mass is 10.0. The summed E-state index contributed by atoms with van der Waals surface area (Å²) in [5.41, 5.74) is 1.26. The monoisotopic (exact) mass is 276 g/mol. The van der Waals surface area contributed by atoms with Crippen LogP contribution in [0.2, 0.25) is 0 Å². The standard InChI is InChI=1S/C17H28N2O/c1-13(2)20-17-8-6-5-7-16(17)14(3)18-15-9-11-19(4)12-10-15/h5-8,13-15,18H,9-12H2,1-4H3. The molecule has 0 bridgehead atoms. The van der Waals surface area contributed by atoms with Gasteiger partial charge in [-0.25, -0.2) is 0 Å². The van der Waals surface area contributed by atoms with Crippen LogP contribution in [-0.2, 0) is 0 Å². The van der Waals surface area contributed by atoms with Crippen LogP contribution in [-0.4, -0.2) is 37.2 Å². The molecule has 0 amide bonds. The van der Waals surface area contributed by atoms with Gasteiger partial charge in [0.15, 0.2) is 0 Å². The largest absolute Gasteiger partial charge is 0.491 e. The molecule has 3 nitrogen and oxygen atoms in total. The van der Waals surface area contributed by atoms with E-state index >= 15 is 0 Å². The van der Waals surface area contributed by atoms with E-state index in [1.807, 2.05) is 6.07 Å². The van der Waals surface area contributed by atoms with Gasteiger partial charge in [0, 0.05) is 17.6 Å². The zero-order chi connectivity index (χ0) is 14.5. The Balaban J connectivity index is 1.99. The first-order valence-corrected chi connectivity index (χ1v) is 7.76. The summed E-state index contributed by atoms with van der Waals surface area (Å²) in [6, 6.07) is 9.33. The number of likely N-dealkylation sites (tertiary alicyclic amines) is 1. The molecule has 0 radical (unpaired) electrons. The molecule has 1 aromatic carbocycles. The van der Waals surface area contributed by atoms with Crippen molar-refractivity contribution in [1.29, 1.82) is 0 Å². The van der Waals surface area contributed by atoms with Gasteiger partial charge in [0.05, 0.1) is 6.10 Å². The van der Waals surface area contributed by atoms with E-state index in [0.29, 0.717) is 12.1 Å². The van der Waals surface area contributed by atoms with Crippen LogP contribution in [0.3, 0.4) is 0 Å². The van der Waals surface area contributed by atoms with Gasteiger partial charge in [0.2, 0.25) is 0 Å². The fraction of sp³-hybridized carbons (Fsp3) is 0.647. The van der Waals surface area contributed by atoms with Gasteiger partial charge in [-0.1, -0.05) is 18.2 Å². The number of piperidine rings is 1. The molecule has 1 N–H and O–H groups in total. The van der Waals surface area contributed by atoms with Crippen molar-refractivity contribution in [2.24, 2.45) is 0 Å². The molecule has 1 unspecified atom stereocenters. The van der Waals surface area contributed by atoms with Crippen molar-refractivity contribution in [2.75, 3.05) is 20.1 Å². The van der Waals surface area contributed by atoms with Crippen molar-refractivity contribution >= 4 is 0 Å². The molecular formula is C17H28N2O. The Labute approximate surface area is 123 Å². The molecule has 0 aliphatic carbocycles. The smallest absolute Gasteiger partial charge is 0.124 e. The number of rotatable bonds is 5. The van der Waals surface area contributed by atoms with Crippen LogP contribution in [0, 0.1) is 0 Å². The van der Waals surface area contributed by atoms with Crippen molar-refractivity contribution in [2.45, 2.75) is 51.8 Å². The molecule has 1 heterocycles. The van der Waals surface area contributed by atoms with E-state index in [1.165, 1.54) is 31.5 Å². The third-order valence-electron chi connectivity index (χ3n) is 3.95. The Bertz CT molecular complexity index is 411. The van der Waals surface area contributed by atoms with Crippen molar-refractivity contribution in [3.8, 4) is 5.75 Å². The second-order valence-electron chi connectivity index (χ2n) is 6.17. The Kier molecular flexibility index (Phi) is 5.44. The first kappa shape index (κ1) is 15.3. The van der Waals surface area contributed by atoms with Gasteiger partial charge in [-0.05, 0) is 59.8 Å². The van der Waals surface area contributed by atoms with E-state index in [2.05, 4.69) is 56.2 Å². The molecule has 1 aliphatic rings. The van der Waals surface area contributed by atoms with Gasteiger partial charge >= 0.3 is 0 Å². The van der Waals surface area contributed by atoms with Crippen LogP contribution < -0.4 is 10.1 Å². The van der Waals surface area contributed by atoms with Crippen molar-refractivity contribution < 1.29 is 4.74 Å². The van der Waals surface area contributed by atoms with Crippen LogP contribution in [0.25, 0.3) is 0 Å². The maximum atomic E-state index is 5.92. The molecule has 20 heavy (non-hydrogen) atoms. The minimum absolute atomic E-state index is 0.215. The Morgan fingerprint density at radius 1 is 1.15 bits per heavy atom. The highest BCUT2D eigenvalue weighted by Gasteiger charge is 2.20. The first-order chi connectivity index (χ1) is 9.56. The number of ether oxygens (including phenoxy) is 1. The van der Waals surface area contributed by atoms with Crippen LogP contribution in [0.1, 0.15) is 45.2 Å².